The third-order valence-corrected chi connectivity index (χ3v) is 2.25. The van der Waals surface area contributed by atoms with Crippen LogP contribution in [0.3, 0.4) is 0 Å². The van der Waals surface area contributed by atoms with Gasteiger partial charge in [-0.2, -0.15) is 0 Å². The van der Waals surface area contributed by atoms with Crippen molar-refractivity contribution in [3.05, 3.63) is 0 Å². The Hall–Kier alpha value is -0.570. The quantitative estimate of drug-likeness (QED) is 0.685. The van der Waals surface area contributed by atoms with Crippen LogP contribution in [0.1, 0.15) is 34.1 Å². The molecular formula is C11H23NO2. The molecule has 14 heavy (non-hydrogen) atoms. The predicted molar refractivity (Wildman–Crippen MR) is 58.4 cm³/mol. The van der Waals surface area contributed by atoms with Gasteiger partial charge in [-0.25, -0.2) is 0 Å². The van der Waals surface area contributed by atoms with Gasteiger partial charge in [0.2, 0.25) is 0 Å². The van der Waals surface area contributed by atoms with E-state index in [-0.39, 0.29) is 6.54 Å². The van der Waals surface area contributed by atoms with Crippen LogP contribution < -0.4 is 0 Å². The van der Waals surface area contributed by atoms with Crippen LogP contribution >= 0.6 is 0 Å². The van der Waals surface area contributed by atoms with Crippen LogP contribution in [0.5, 0.6) is 0 Å². The molecule has 0 spiro atoms. The van der Waals surface area contributed by atoms with Gasteiger partial charge in [0.1, 0.15) is 0 Å². The van der Waals surface area contributed by atoms with Crippen molar-refractivity contribution in [1.82, 2.24) is 4.90 Å². The molecule has 3 heteroatoms. The molecule has 0 bridgehead atoms. The van der Waals surface area contributed by atoms with Crippen molar-refractivity contribution in [3.8, 4) is 0 Å². The third-order valence-electron chi connectivity index (χ3n) is 2.25. The van der Waals surface area contributed by atoms with Crippen LogP contribution in [-0.2, 0) is 4.79 Å². The fourth-order valence-corrected chi connectivity index (χ4v) is 1.48. The van der Waals surface area contributed by atoms with Crippen LogP contribution in [0.2, 0.25) is 0 Å². The summed E-state index contributed by atoms with van der Waals surface area (Å²) in [7, 11) is 0. The summed E-state index contributed by atoms with van der Waals surface area (Å²) in [4.78, 5) is 12.6. The lowest BCUT2D eigenvalue weighted by Crippen LogP contribution is -2.36. The standard InChI is InChI=1S/C11H23NO2/c1-5-10(4)7-12(6-9(2)3)8-11(13)14/h9-10H,5-8H2,1-4H3,(H,13,14). The molecule has 1 N–H and O–H groups in total. The summed E-state index contributed by atoms with van der Waals surface area (Å²) in [6.07, 6.45) is 1.11. The minimum atomic E-state index is -0.728. The van der Waals surface area contributed by atoms with Crippen LogP contribution in [-0.4, -0.2) is 35.6 Å². The van der Waals surface area contributed by atoms with E-state index < -0.39 is 5.97 Å². The molecule has 0 radical (unpaired) electrons. The van der Waals surface area contributed by atoms with Crippen LogP contribution in [0.15, 0.2) is 0 Å². The highest BCUT2D eigenvalue weighted by atomic mass is 16.4. The molecule has 84 valence electrons. The molecule has 0 amide bonds. The van der Waals surface area contributed by atoms with E-state index in [9.17, 15) is 4.79 Å². The maximum absolute atomic E-state index is 10.6. The molecule has 0 aromatic carbocycles. The maximum Gasteiger partial charge on any atom is 0.317 e. The first kappa shape index (κ1) is 13.4. The molecule has 1 atom stereocenters. The molecule has 1 unspecified atom stereocenters. The Kier molecular flexibility index (Phi) is 6.54. The lowest BCUT2D eigenvalue weighted by atomic mass is 10.1. The molecule has 3 nitrogen and oxygen atoms in total. The first-order valence-corrected chi connectivity index (χ1v) is 5.39. The van der Waals surface area contributed by atoms with E-state index in [4.69, 9.17) is 5.11 Å². The summed E-state index contributed by atoms with van der Waals surface area (Å²) in [6.45, 7) is 10.5. The van der Waals surface area contributed by atoms with E-state index in [1.807, 2.05) is 4.90 Å². The highest BCUT2D eigenvalue weighted by Crippen LogP contribution is 2.06. The monoisotopic (exact) mass is 201 g/mol. The molecule has 0 heterocycles. The number of rotatable bonds is 7. The number of carbonyl (C=O) groups is 1. The molecule has 0 saturated carbocycles. The van der Waals surface area contributed by atoms with Gasteiger partial charge in [-0.1, -0.05) is 34.1 Å². The number of aliphatic carboxylic acids is 1. The fraction of sp³-hybridized carbons (Fsp3) is 0.909. The summed E-state index contributed by atoms with van der Waals surface area (Å²) < 4.78 is 0. The van der Waals surface area contributed by atoms with Gasteiger partial charge < -0.3 is 5.11 Å². The molecule has 0 aromatic rings. The summed E-state index contributed by atoms with van der Waals surface area (Å²) in [6, 6.07) is 0. The first-order valence-electron chi connectivity index (χ1n) is 5.39. The molecule has 0 rings (SSSR count). The van der Waals surface area contributed by atoms with Crippen molar-refractivity contribution in [1.29, 1.82) is 0 Å². The highest BCUT2D eigenvalue weighted by Gasteiger charge is 2.13. The molecule has 0 aliphatic heterocycles. The van der Waals surface area contributed by atoms with E-state index in [2.05, 4.69) is 27.7 Å². The van der Waals surface area contributed by atoms with Gasteiger partial charge in [-0.15, -0.1) is 0 Å². The molecule has 0 aliphatic rings. The predicted octanol–water partition coefficient (Wildman–Crippen LogP) is 2.08. The maximum atomic E-state index is 10.6. The largest absolute Gasteiger partial charge is 0.480 e. The second-order valence-corrected chi connectivity index (χ2v) is 4.50. The number of hydrogen-bond donors (Lipinski definition) is 1. The zero-order valence-electron chi connectivity index (χ0n) is 9.79. The van der Waals surface area contributed by atoms with Gasteiger partial charge in [-0.3, -0.25) is 9.69 Å². The van der Waals surface area contributed by atoms with Crippen molar-refractivity contribution in [2.24, 2.45) is 11.8 Å². The Morgan fingerprint density at radius 3 is 2.21 bits per heavy atom. The minimum Gasteiger partial charge on any atom is -0.480 e. The Balaban J connectivity index is 4.03. The van der Waals surface area contributed by atoms with E-state index in [0.29, 0.717) is 11.8 Å². The van der Waals surface area contributed by atoms with Crippen molar-refractivity contribution < 1.29 is 9.90 Å². The van der Waals surface area contributed by atoms with E-state index in [1.54, 1.807) is 0 Å². The summed E-state index contributed by atoms with van der Waals surface area (Å²) >= 11 is 0. The molecule has 0 aromatic heterocycles. The summed E-state index contributed by atoms with van der Waals surface area (Å²) in [5.41, 5.74) is 0. The highest BCUT2D eigenvalue weighted by molar-refractivity contribution is 5.69. The lowest BCUT2D eigenvalue weighted by Gasteiger charge is -2.25. The average molecular weight is 201 g/mol. The zero-order valence-corrected chi connectivity index (χ0v) is 9.79. The molecular weight excluding hydrogens is 178 g/mol. The smallest absolute Gasteiger partial charge is 0.317 e. The van der Waals surface area contributed by atoms with Crippen LogP contribution in [0.25, 0.3) is 0 Å². The lowest BCUT2D eigenvalue weighted by molar-refractivity contribution is -0.138. The van der Waals surface area contributed by atoms with Crippen molar-refractivity contribution in [2.75, 3.05) is 19.6 Å². The van der Waals surface area contributed by atoms with Gasteiger partial charge in [0.15, 0.2) is 0 Å². The fourth-order valence-electron chi connectivity index (χ4n) is 1.48. The van der Waals surface area contributed by atoms with Gasteiger partial charge in [-0.05, 0) is 11.8 Å². The second-order valence-electron chi connectivity index (χ2n) is 4.50. The topological polar surface area (TPSA) is 40.5 Å². The third kappa shape index (κ3) is 6.89. The Labute approximate surface area is 87.1 Å². The Morgan fingerprint density at radius 2 is 1.86 bits per heavy atom. The Bertz CT molecular complexity index is 169. The van der Waals surface area contributed by atoms with Crippen molar-refractivity contribution in [2.45, 2.75) is 34.1 Å². The minimum absolute atomic E-state index is 0.169. The number of carboxylic acids is 1. The second kappa shape index (κ2) is 6.82. The van der Waals surface area contributed by atoms with Gasteiger partial charge in [0.05, 0.1) is 6.54 Å². The summed E-state index contributed by atoms with van der Waals surface area (Å²) in [5, 5.41) is 8.74. The van der Waals surface area contributed by atoms with Gasteiger partial charge in [0, 0.05) is 13.1 Å². The van der Waals surface area contributed by atoms with E-state index in [1.165, 1.54) is 0 Å². The van der Waals surface area contributed by atoms with E-state index >= 15 is 0 Å². The zero-order chi connectivity index (χ0) is 11.1. The van der Waals surface area contributed by atoms with E-state index in [0.717, 1.165) is 19.5 Å². The van der Waals surface area contributed by atoms with Crippen molar-refractivity contribution >= 4 is 5.97 Å². The average Bonchev–Trinajstić information content (AvgIpc) is 2.01. The number of hydrogen-bond acceptors (Lipinski definition) is 2. The molecule has 0 saturated heterocycles. The Morgan fingerprint density at radius 1 is 1.29 bits per heavy atom. The summed E-state index contributed by atoms with van der Waals surface area (Å²) in [5.74, 6) is 0.375. The van der Waals surface area contributed by atoms with Crippen LogP contribution in [0.4, 0.5) is 0 Å². The molecule has 0 fully saturated rings. The number of nitrogens with zero attached hydrogens (tertiary/aromatic N) is 1. The van der Waals surface area contributed by atoms with Gasteiger partial charge in [0.25, 0.3) is 0 Å². The van der Waals surface area contributed by atoms with Gasteiger partial charge >= 0.3 is 5.97 Å². The molecule has 0 aliphatic carbocycles. The first-order chi connectivity index (χ1) is 6.45. The SMILES string of the molecule is CCC(C)CN(CC(=O)O)CC(C)C. The normalized spacial score (nSPS) is 13.6. The van der Waals surface area contributed by atoms with Crippen molar-refractivity contribution in [3.63, 3.8) is 0 Å². The van der Waals surface area contributed by atoms with Crippen LogP contribution in [0, 0.1) is 11.8 Å². The number of carboxylic acid groups (broad SMARTS) is 1.